The molecule has 29 heavy (non-hydrogen) atoms. The summed E-state index contributed by atoms with van der Waals surface area (Å²) >= 11 is 1.69. The number of anilines is 2. The molecule has 9 heteroatoms. The van der Waals surface area contributed by atoms with E-state index in [1.165, 1.54) is 0 Å². The number of rotatable bonds is 6. The molecule has 3 aromatic rings. The summed E-state index contributed by atoms with van der Waals surface area (Å²) in [4.78, 5) is 19.3. The Morgan fingerprint density at radius 2 is 2.03 bits per heavy atom. The number of carbonyl (C=O) groups excluding carboxylic acids is 1. The first-order valence-corrected chi connectivity index (χ1v) is 10.5. The molecular weight excluding hydrogens is 388 g/mol. The molecule has 8 nitrogen and oxygen atoms in total. The largest absolute Gasteiger partial charge is 0.495 e. The van der Waals surface area contributed by atoms with Gasteiger partial charge in [0, 0.05) is 30.7 Å². The van der Waals surface area contributed by atoms with Crippen molar-refractivity contribution < 1.29 is 9.53 Å². The lowest BCUT2D eigenvalue weighted by Gasteiger charge is -2.32. The second-order valence-corrected chi connectivity index (χ2v) is 7.85. The molecule has 2 N–H and O–H groups in total. The van der Waals surface area contributed by atoms with Crippen molar-refractivity contribution in [1.82, 2.24) is 19.7 Å². The molecule has 4 rings (SSSR count). The molecule has 0 unspecified atom stereocenters. The van der Waals surface area contributed by atoms with Crippen molar-refractivity contribution in [3.05, 3.63) is 53.1 Å². The van der Waals surface area contributed by atoms with E-state index in [0.29, 0.717) is 17.3 Å². The van der Waals surface area contributed by atoms with Crippen LogP contribution in [0.4, 0.5) is 16.3 Å². The third-order valence-corrected chi connectivity index (χ3v) is 5.78. The number of benzene rings is 1. The molecule has 2 aromatic heterocycles. The Bertz CT molecular complexity index is 934. The zero-order valence-corrected chi connectivity index (χ0v) is 17.1. The normalized spacial score (nSPS) is 15.2. The minimum Gasteiger partial charge on any atom is -0.495 e. The van der Waals surface area contributed by atoms with E-state index in [0.717, 1.165) is 37.5 Å². The molecule has 0 bridgehead atoms. The molecule has 152 valence electrons. The average Bonchev–Trinajstić information content (AvgIpc) is 3.41. The first-order valence-electron chi connectivity index (χ1n) is 9.58. The summed E-state index contributed by atoms with van der Waals surface area (Å²) in [5.74, 6) is 1.31. The highest BCUT2D eigenvalue weighted by Crippen LogP contribution is 2.27. The van der Waals surface area contributed by atoms with Crippen LogP contribution >= 0.6 is 11.3 Å². The molecule has 0 saturated carbocycles. The topological polar surface area (TPSA) is 84.3 Å². The van der Waals surface area contributed by atoms with Crippen LogP contribution in [-0.2, 0) is 6.54 Å². The molecule has 2 amide bonds. The molecule has 1 fully saturated rings. The van der Waals surface area contributed by atoms with E-state index < -0.39 is 0 Å². The van der Waals surface area contributed by atoms with Crippen LogP contribution < -0.4 is 15.4 Å². The maximum atomic E-state index is 12.5. The Labute approximate surface area is 173 Å². The van der Waals surface area contributed by atoms with E-state index in [9.17, 15) is 4.79 Å². The summed E-state index contributed by atoms with van der Waals surface area (Å²) in [6, 6.07) is 9.08. The number of ether oxygens (including phenoxy) is 1. The number of hydrogen-bond acceptors (Lipinski definition) is 6. The van der Waals surface area contributed by atoms with Crippen molar-refractivity contribution in [2.75, 3.05) is 30.8 Å². The number of nitrogens with one attached hydrogen (secondary N) is 2. The van der Waals surface area contributed by atoms with Gasteiger partial charge in [0.15, 0.2) is 0 Å². The van der Waals surface area contributed by atoms with E-state index in [-0.39, 0.29) is 12.1 Å². The highest BCUT2D eigenvalue weighted by Gasteiger charge is 2.23. The highest BCUT2D eigenvalue weighted by atomic mass is 32.1. The highest BCUT2D eigenvalue weighted by molar-refractivity contribution is 7.09. The van der Waals surface area contributed by atoms with Gasteiger partial charge in [0.2, 0.25) is 0 Å². The number of urea groups is 1. The number of nitrogens with zero attached hydrogens (tertiary/aromatic N) is 4. The third-order valence-electron chi connectivity index (χ3n) is 5.01. The molecule has 3 heterocycles. The monoisotopic (exact) mass is 412 g/mol. The van der Waals surface area contributed by atoms with Gasteiger partial charge in [-0.3, -0.25) is 10.2 Å². The molecule has 1 aliphatic heterocycles. The van der Waals surface area contributed by atoms with E-state index in [1.54, 1.807) is 36.8 Å². The van der Waals surface area contributed by atoms with Crippen LogP contribution in [0.5, 0.6) is 5.75 Å². The molecule has 1 aromatic carbocycles. The minimum atomic E-state index is -0.322. The predicted molar refractivity (Wildman–Crippen MR) is 114 cm³/mol. The fourth-order valence-corrected chi connectivity index (χ4v) is 4.22. The van der Waals surface area contributed by atoms with Crippen molar-refractivity contribution in [3.8, 4) is 5.75 Å². The number of piperidine rings is 1. The van der Waals surface area contributed by atoms with Gasteiger partial charge in [-0.05, 0) is 25.0 Å². The van der Waals surface area contributed by atoms with E-state index >= 15 is 0 Å². The number of amides is 2. The predicted octanol–water partition coefficient (Wildman–Crippen LogP) is 3.83. The van der Waals surface area contributed by atoms with Crippen molar-refractivity contribution >= 4 is 28.9 Å². The summed E-state index contributed by atoms with van der Waals surface area (Å²) in [5, 5.41) is 13.4. The van der Waals surface area contributed by atoms with Gasteiger partial charge < -0.3 is 10.1 Å². The number of aromatic nitrogens is 3. The summed E-state index contributed by atoms with van der Waals surface area (Å²) in [5.41, 5.74) is 0.620. The van der Waals surface area contributed by atoms with Gasteiger partial charge in [-0.15, -0.1) is 11.3 Å². The molecule has 0 radical (unpaired) electrons. The van der Waals surface area contributed by atoms with E-state index in [2.05, 4.69) is 25.6 Å². The lowest BCUT2D eigenvalue weighted by Crippen LogP contribution is -2.35. The van der Waals surface area contributed by atoms with Gasteiger partial charge in [0.25, 0.3) is 0 Å². The summed E-state index contributed by atoms with van der Waals surface area (Å²) < 4.78 is 7.20. The van der Waals surface area contributed by atoms with Crippen LogP contribution in [0.3, 0.4) is 0 Å². The Hall–Kier alpha value is -2.91. The molecule has 1 aliphatic rings. The number of likely N-dealkylation sites (tertiary alicyclic amines) is 1. The molecule has 0 spiro atoms. The van der Waals surface area contributed by atoms with Crippen molar-refractivity contribution in [2.45, 2.75) is 25.4 Å². The molecule has 0 atom stereocenters. The van der Waals surface area contributed by atoms with Gasteiger partial charge in [-0.25, -0.2) is 14.5 Å². The number of para-hydroxylation sites is 2. The molecule has 1 saturated heterocycles. The Kier molecular flexibility index (Phi) is 6.06. The number of thiazole rings is 1. The maximum Gasteiger partial charge on any atom is 0.324 e. The first kappa shape index (κ1) is 19.4. The van der Waals surface area contributed by atoms with E-state index in [4.69, 9.17) is 4.74 Å². The standard InChI is InChI=1S/C20H24N6O2S/c1-28-17-5-3-2-4-16(17)23-20(27)24-18-6-9-22-26(18)15-7-11-25(12-8-15)14-19-21-10-13-29-19/h2-6,9-10,13,15H,7-8,11-12,14H2,1H3,(H2,23,24,27). The zero-order valence-electron chi connectivity index (χ0n) is 16.2. The van der Waals surface area contributed by atoms with Crippen LogP contribution in [0.2, 0.25) is 0 Å². The third kappa shape index (κ3) is 4.75. The summed E-state index contributed by atoms with van der Waals surface area (Å²) in [7, 11) is 1.58. The SMILES string of the molecule is COc1ccccc1NC(=O)Nc1ccnn1C1CCN(Cc2nccs2)CC1. The Morgan fingerprint density at radius 3 is 2.79 bits per heavy atom. The lowest BCUT2D eigenvalue weighted by atomic mass is 10.1. The van der Waals surface area contributed by atoms with Gasteiger partial charge in [-0.2, -0.15) is 5.10 Å². The van der Waals surface area contributed by atoms with Crippen LogP contribution in [0.15, 0.2) is 48.1 Å². The fourth-order valence-electron chi connectivity index (χ4n) is 3.57. The first-order chi connectivity index (χ1) is 14.2. The average molecular weight is 413 g/mol. The van der Waals surface area contributed by atoms with Crippen LogP contribution in [0.1, 0.15) is 23.9 Å². The van der Waals surface area contributed by atoms with Gasteiger partial charge in [0.1, 0.15) is 16.6 Å². The quantitative estimate of drug-likeness (QED) is 0.643. The van der Waals surface area contributed by atoms with Gasteiger partial charge in [0.05, 0.1) is 31.6 Å². The Morgan fingerprint density at radius 1 is 1.21 bits per heavy atom. The molecule has 0 aliphatic carbocycles. The minimum absolute atomic E-state index is 0.263. The second kappa shape index (κ2) is 9.06. The maximum absolute atomic E-state index is 12.5. The number of hydrogen-bond donors (Lipinski definition) is 2. The van der Waals surface area contributed by atoms with Crippen molar-refractivity contribution in [1.29, 1.82) is 0 Å². The summed E-state index contributed by atoms with van der Waals surface area (Å²) in [6.45, 7) is 2.86. The number of methoxy groups -OCH3 is 1. The van der Waals surface area contributed by atoms with Gasteiger partial charge >= 0.3 is 6.03 Å². The van der Waals surface area contributed by atoms with Crippen molar-refractivity contribution in [2.24, 2.45) is 0 Å². The van der Waals surface area contributed by atoms with Gasteiger partial charge in [-0.1, -0.05) is 12.1 Å². The molecular formula is C20H24N6O2S. The van der Waals surface area contributed by atoms with Crippen LogP contribution in [0, 0.1) is 0 Å². The Balaban J connectivity index is 1.34. The summed E-state index contributed by atoms with van der Waals surface area (Å²) in [6.07, 6.45) is 5.54. The van der Waals surface area contributed by atoms with Crippen LogP contribution in [-0.4, -0.2) is 45.9 Å². The fraction of sp³-hybridized carbons (Fsp3) is 0.350. The zero-order chi connectivity index (χ0) is 20.1. The second-order valence-electron chi connectivity index (χ2n) is 6.87. The lowest BCUT2D eigenvalue weighted by molar-refractivity contribution is 0.174. The van der Waals surface area contributed by atoms with E-state index in [1.807, 2.05) is 34.5 Å². The van der Waals surface area contributed by atoms with Crippen molar-refractivity contribution in [3.63, 3.8) is 0 Å². The van der Waals surface area contributed by atoms with Crippen LogP contribution in [0.25, 0.3) is 0 Å². The smallest absolute Gasteiger partial charge is 0.324 e. The number of carbonyl (C=O) groups is 1.